The van der Waals surface area contributed by atoms with Crippen molar-refractivity contribution in [2.75, 3.05) is 30.6 Å². The summed E-state index contributed by atoms with van der Waals surface area (Å²) in [5, 5.41) is 0. The van der Waals surface area contributed by atoms with E-state index in [9.17, 15) is 9.59 Å². The number of esters is 2. The molecular formula is C40H68N2O4S2. The summed E-state index contributed by atoms with van der Waals surface area (Å²) in [5.41, 5.74) is 14.4. The van der Waals surface area contributed by atoms with Gasteiger partial charge in [-0.25, -0.2) is 0 Å². The average Bonchev–Trinajstić information content (AvgIpc) is 3.43. The van der Waals surface area contributed by atoms with Gasteiger partial charge in [0.1, 0.15) is 18.2 Å². The van der Waals surface area contributed by atoms with Crippen molar-refractivity contribution in [1.82, 2.24) is 0 Å². The first-order valence-corrected chi connectivity index (χ1v) is 21.8. The first-order chi connectivity index (χ1) is 22.5. The second-order valence-electron chi connectivity index (χ2n) is 18.2. The molecule has 0 heterocycles. The average molecular weight is 705 g/mol. The maximum atomic E-state index is 13.1. The summed E-state index contributed by atoms with van der Waals surface area (Å²) in [7, 11) is 0. The van der Waals surface area contributed by atoms with Gasteiger partial charge in [0.15, 0.2) is 0 Å². The third kappa shape index (κ3) is 6.35. The van der Waals surface area contributed by atoms with E-state index in [0.717, 1.165) is 43.6 Å². The molecule has 0 aromatic heterocycles. The number of fused-ring (bicyclic) bond motifs is 7. The first-order valence-electron chi connectivity index (χ1n) is 19.0. The lowest BCUT2D eigenvalue weighted by Crippen LogP contribution is -2.67. The van der Waals surface area contributed by atoms with Crippen LogP contribution >= 0.6 is 23.5 Å². The van der Waals surface area contributed by atoms with Crippen LogP contribution in [0.15, 0.2) is 12.2 Å². The highest BCUT2D eigenvalue weighted by molar-refractivity contribution is 7.98. The molecule has 274 valence electrons. The van der Waals surface area contributed by atoms with Crippen molar-refractivity contribution >= 4 is 35.5 Å². The Labute approximate surface area is 301 Å². The Kier molecular flexibility index (Phi) is 11.5. The van der Waals surface area contributed by atoms with Crippen molar-refractivity contribution in [2.45, 2.75) is 137 Å². The molecule has 0 aromatic rings. The minimum Gasteiger partial charge on any atom is -0.464 e. The highest BCUT2D eigenvalue weighted by Gasteiger charge is 2.71. The number of hydrogen-bond donors (Lipinski definition) is 2. The SMILES string of the molecule is C=C(C)[C@@H]1CC[C@]2(COC(=O)[C@@H](N)CCSC)CC[C@]3(C)[C@H](CC[C@@H]4[C@@]5(C)CC[C@H](OC(=O)[C@@H](N)CCSC)C(C)(C)[C@@H]5CC[C@]43C)[C@@H]12. The Morgan fingerprint density at radius 2 is 1.44 bits per heavy atom. The third-order valence-electron chi connectivity index (χ3n) is 15.8. The molecule has 0 radical (unpaired) electrons. The number of rotatable bonds is 12. The molecule has 8 heteroatoms. The standard InChI is InChI=1S/C40H68N2O4S2/c1-25(2)26-12-19-40(24-45-34(43)28(41)15-22-47-8)21-20-38(6)27(33(26)40)10-11-31-37(5)17-14-32(46-35(44)29(42)16-23-48-9)36(3,4)30(37)13-18-39(31,38)7/h26-33H,1,10-24,41-42H2,2-9H3/t26-,27+,28-,29-,30-,31+,32-,33+,37-,38+,39+,40+/m0/s1. The van der Waals surface area contributed by atoms with Gasteiger partial charge in [-0.1, -0.05) is 46.8 Å². The Bertz CT molecular complexity index is 1210. The van der Waals surface area contributed by atoms with E-state index in [1.807, 2.05) is 12.5 Å². The summed E-state index contributed by atoms with van der Waals surface area (Å²) in [6.45, 7) is 19.9. The second kappa shape index (κ2) is 14.4. The van der Waals surface area contributed by atoms with Gasteiger partial charge in [0.05, 0.1) is 6.61 Å². The summed E-state index contributed by atoms with van der Waals surface area (Å²) in [5.74, 6) is 4.01. The molecule has 6 nitrogen and oxygen atoms in total. The van der Waals surface area contributed by atoms with Crippen LogP contribution in [0.1, 0.15) is 119 Å². The van der Waals surface area contributed by atoms with E-state index in [4.69, 9.17) is 20.9 Å². The highest BCUT2D eigenvalue weighted by Crippen LogP contribution is 2.77. The summed E-state index contributed by atoms with van der Waals surface area (Å²) < 4.78 is 12.4. The Hall–Kier alpha value is -0.700. The van der Waals surface area contributed by atoms with E-state index in [-0.39, 0.29) is 45.1 Å². The molecule has 5 aliphatic rings. The molecule has 0 saturated heterocycles. The molecule has 0 amide bonds. The fraction of sp³-hybridized carbons (Fsp3) is 0.900. The van der Waals surface area contributed by atoms with Crippen LogP contribution in [0.2, 0.25) is 0 Å². The van der Waals surface area contributed by atoms with E-state index >= 15 is 0 Å². The van der Waals surface area contributed by atoms with E-state index in [2.05, 4.69) is 48.1 Å². The fourth-order valence-electron chi connectivity index (χ4n) is 13.0. The van der Waals surface area contributed by atoms with Crippen LogP contribution in [0.25, 0.3) is 0 Å². The predicted molar refractivity (Wildman–Crippen MR) is 202 cm³/mol. The molecule has 5 aliphatic carbocycles. The number of hydrogen-bond acceptors (Lipinski definition) is 8. The second-order valence-corrected chi connectivity index (χ2v) is 20.2. The lowest BCUT2D eigenvalue weighted by molar-refractivity contribution is -0.252. The van der Waals surface area contributed by atoms with Crippen LogP contribution in [0.5, 0.6) is 0 Å². The zero-order valence-electron chi connectivity index (χ0n) is 31.5. The van der Waals surface area contributed by atoms with Gasteiger partial charge in [-0.2, -0.15) is 23.5 Å². The van der Waals surface area contributed by atoms with E-state index in [1.54, 1.807) is 23.5 Å². The monoisotopic (exact) mass is 704 g/mol. The zero-order chi connectivity index (χ0) is 35.3. The lowest BCUT2D eigenvalue weighted by atomic mass is 9.32. The van der Waals surface area contributed by atoms with Gasteiger partial charge in [-0.15, -0.1) is 0 Å². The Balaban J connectivity index is 1.38. The highest BCUT2D eigenvalue weighted by atomic mass is 32.2. The Morgan fingerprint density at radius 1 is 0.792 bits per heavy atom. The smallest absolute Gasteiger partial charge is 0.323 e. The van der Waals surface area contributed by atoms with Gasteiger partial charge >= 0.3 is 11.9 Å². The molecule has 48 heavy (non-hydrogen) atoms. The first kappa shape index (κ1) is 38.5. The van der Waals surface area contributed by atoms with E-state index in [1.165, 1.54) is 37.7 Å². The van der Waals surface area contributed by atoms with Crippen molar-refractivity contribution in [3.05, 3.63) is 12.2 Å². The number of allylic oxidation sites excluding steroid dienone is 1. The summed E-state index contributed by atoms with van der Waals surface area (Å²) in [4.78, 5) is 26.1. The summed E-state index contributed by atoms with van der Waals surface area (Å²) >= 11 is 3.44. The van der Waals surface area contributed by atoms with Crippen LogP contribution in [-0.4, -0.2) is 60.8 Å². The normalized spacial score (nSPS) is 42.7. The van der Waals surface area contributed by atoms with Crippen molar-refractivity contribution < 1.29 is 19.1 Å². The maximum Gasteiger partial charge on any atom is 0.323 e. The topological polar surface area (TPSA) is 105 Å². The molecule has 0 aromatic carbocycles. The number of thioether (sulfide) groups is 2. The molecule has 5 saturated carbocycles. The molecule has 0 unspecified atom stereocenters. The minimum atomic E-state index is -0.538. The Morgan fingerprint density at radius 3 is 2.06 bits per heavy atom. The van der Waals surface area contributed by atoms with Gasteiger partial charge in [0.2, 0.25) is 0 Å². The van der Waals surface area contributed by atoms with Crippen LogP contribution in [0.3, 0.4) is 0 Å². The third-order valence-corrected chi connectivity index (χ3v) is 17.1. The molecule has 12 atom stereocenters. The van der Waals surface area contributed by atoms with Crippen molar-refractivity contribution in [2.24, 2.45) is 68.1 Å². The quantitative estimate of drug-likeness (QED) is 0.155. The molecular weight excluding hydrogens is 637 g/mol. The summed E-state index contributed by atoms with van der Waals surface area (Å²) in [6.07, 6.45) is 16.8. The molecule has 0 bridgehead atoms. The van der Waals surface area contributed by atoms with E-state index in [0.29, 0.717) is 49.0 Å². The molecule has 0 spiro atoms. The van der Waals surface area contributed by atoms with Crippen LogP contribution in [0, 0.1) is 56.7 Å². The zero-order valence-corrected chi connectivity index (χ0v) is 33.2. The molecule has 0 aliphatic heterocycles. The number of ether oxygens (including phenoxy) is 2. The van der Waals surface area contributed by atoms with Crippen molar-refractivity contribution in [3.63, 3.8) is 0 Å². The van der Waals surface area contributed by atoms with Gasteiger partial charge < -0.3 is 20.9 Å². The molecule has 5 rings (SSSR count). The predicted octanol–water partition coefficient (Wildman–Crippen LogP) is 8.26. The van der Waals surface area contributed by atoms with Gasteiger partial charge in [-0.05, 0) is 154 Å². The van der Waals surface area contributed by atoms with Gasteiger partial charge in [0.25, 0.3) is 0 Å². The van der Waals surface area contributed by atoms with E-state index < -0.39 is 12.1 Å². The van der Waals surface area contributed by atoms with Gasteiger partial charge in [0, 0.05) is 10.8 Å². The number of nitrogens with two attached hydrogens (primary N) is 2. The molecule has 5 fully saturated rings. The number of carbonyl (C=O) groups is 2. The minimum absolute atomic E-state index is 0.0214. The summed E-state index contributed by atoms with van der Waals surface area (Å²) in [6, 6.07) is -1.08. The van der Waals surface area contributed by atoms with Crippen LogP contribution in [-0.2, 0) is 19.1 Å². The number of carbonyl (C=O) groups excluding carboxylic acids is 2. The maximum absolute atomic E-state index is 13.1. The fourth-order valence-corrected chi connectivity index (χ4v) is 14.0. The molecule has 4 N–H and O–H groups in total. The lowest BCUT2D eigenvalue weighted by Gasteiger charge is -2.73. The van der Waals surface area contributed by atoms with Crippen molar-refractivity contribution in [3.8, 4) is 0 Å². The van der Waals surface area contributed by atoms with Gasteiger partial charge in [-0.3, -0.25) is 9.59 Å². The van der Waals surface area contributed by atoms with Crippen LogP contribution < -0.4 is 11.5 Å². The largest absolute Gasteiger partial charge is 0.464 e. The van der Waals surface area contributed by atoms with Crippen molar-refractivity contribution in [1.29, 1.82) is 0 Å². The van der Waals surface area contributed by atoms with Crippen LogP contribution in [0.4, 0.5) is 0 Å².